The molecule has 0 radical (unpaired) electrons. The summed E-state index contributed by atoms with van der Waals surface area (Å²) in [4.78, 5) is 11.8. The highest BCUT2D eigenvalue weighted by molar-refractivity contribution is 9.11. The number of carbonyl (C=O) groups excluding carboxylic acids is 1. The SMILES string of the molecule is COc1c(Br)cc(/C=N\NC(=O)CNc2ccccc2C)cc1Br. The zero-order valence-corrected chi connectivity index (χ0v) is 16.4. The van der Waals surface area contributed by atoms with Crippen molar-refractivity contribution in [1.29, 1.82) is 0 Å². The predicted molar refractivity (Wildman–Crippen MR) is 104 cm³/mol. The van der Waals surface area contributed by atoms with Crippen molar-refractivity contribution >= 4 is 49.7 Å². The van der Waals surface area contributed by atoms with Gasteiger partial charge >= 0.3 is 0 Å². The van der Waals surface area contributed by atoms with E-state index in [1.807, 2.05) is 43.3 Å². The molecule has 0 heterocycles. The van der Waals surface area contributed by atoms with Gasteiger partial charge in [-0.1, -0.05) is 18.2 Å². The molecule has 0 aliphatic heterocycles. The van der Waals surface area contributed by atoms with Crippen LogP contribution in [0.4, 0.5) is 5.69 Å². The van der Waals surface area contributed by atoms with E-state index in [4.69, 9.17) is 4.74 Å². The molecule has 0 bridgehead atoms. The summed E-state index contributed by atoms with van der Waals surface area (Å²) in [5, 5.41) is 7.04. The Bertz CT molecular complexity index is 740. The van der Waals surface area contributed by atoms with Crippen molar-refractivity contribution in [3.05, 3.63) is 56.5 Å². The molecule has 0 atom stereocenters. The van der Waals surface area contributed by atoms with E-state index in [1.165, 1.54) is 0 Å². The van der Waals surface area contributed by atoms with Crippen molar-refractivity contribution in [1.82, 2.24) is 5.43 Å². The molecule has 2 aromatic rings. The molecule has 0 saturated heterocycles. The van der Waals surface area contributed by atoms with Crippen LogP contribution >= 0.6 is 31.9 Å². The molecule has 0 aliphatic rings. The number of aryl methyl sites for hydroxylation is 1. The summed E-state index contributed by atoms with van der Waals surface area (Å²) >= 11 is 6.84. The number of nitrogens with zero attached hydrogens (tertiary/aromatic N) is 1. The number of hydrogen-bond acceptors (Lipinski definition) is 4. The molecular formula is C17H17Br2N3O2. The molecule has 0 spiro atoms. The Morgan fingerprint density at radius 3 is 2.54 bits per heavy atom. The van der Waals surface area contributed by atoms with Gasteiger partial charge in [0.25, 0.3) is 5.91 Å². The van der Waals surface area contributed by atoms with Crippen LogP contribution in [-0.2, 0) is 4.79 Å². The maximum Gasteiger partial charge on any atom is 0.259 e. The van der Waals surface area contributed by atoms with Gasteiger partial charge < -0.3 is 10.1 Å². The predicted octanol–water partition coefficient (Wildman–Crippen LogP) is 4.09. The van der Waals surface area contributed by atoms with Crippen molar-refractivity contribution in [2.75, 3.05) is 19.0 Å². The third kappa shape index (κ3) is 5.07. The lowest BCUT2D eigenvalue weighted by molar-refractivity contribution is -0.119. The van der Waals surface area contributed by atoms with Crippen LogP contribution in [0.2, 0.25) is 0 Å². The Balaban J connectivity index is 1.90. The van der Waals surface area contributed by atoms with Gasteiger partial charge in [-0.3, -0.25) is 4.79 Å². The van der Waals surface area contributed by atoms with Gasteiger partial charge in [0, 0.05) is 5.69 Å². The summed E-state index contributed by atoms with van der Waals surface area (Å²) in [5.41, 5.74) is 5.33. The third-order valence-electron chi connectivity index (χ3n) is 3.21. The smallest absolute Gasteiger partial charge is 0.259 e. The number of amides is 1. The zero-order chi connectivity index (χ0) is 17.5. The van der Waals surface area contributed by atoms with Gasteiger partial charge in [0.1, 0.15) is 5.75 Å². The van der Waals surface area contributed by atoms with Crippen LogP contribution in [-0.4, -0.2) is 25.8 Å². The van der Waals surface area contributed by atoms with Crippen LogP contribution in [0.15, 0.2) is 50.4 Å². The van der Waals surface area contributed by atoms with Crippen molar-refractivity contribution in [2.24, 2.45) is 5.10 Å². The normalized spacial score (nSPS) is 10.7. The van der Waals surface area contributed by atoms with E-state index < -0.39 is 0 Å². The fourth-order valence-corrected chi connectivity index (χ4v) is 3.56. The van der Waals surface area contributed by atoms with Gasteiger partial charge in [-0.15, -0.1) is 0 Å². The fraction of sp³-hybridized carbons (Fsp3) is 0.176. The highest BCUT2D eigenvalue weighted by Crippen LogP contribution is 2.33. The lowest BCUT2D eigenvalue weighted by atomic mass is 10.2. The minimum atomic E-state index is -0.221. The Kier molecular flexibility index (Phi) is 6.81. The standard InChI is InChI=1S/C17H17Br2N3O2/c1-11-5-3-4-6-15(11)20-10-16(23)22-21-9-12-7-13(18)17(24-2)14(19)8-12/h3-9,20H,10H2,1-2H3,(H,22,23)/b21-9-. The second-order valence-corrected chi connectivity index (χ2v) is 6.69. The quantitative estimate of drug-likeness (QED) is 0.510. The number of benzene rings is 2. The highest BCUT2D eigenvalue weighted by atomic mass is 79.9. The number of anilines is 1. The fourth-order valence-electron chi connectivity index (χ4n) is 2.01. The molecule has 0 aromatic heterocycles. The molecule has 1 amide bonds. The van der Waals surface area contributed by atoms with Crippen LogP contribution in [0.25, 0.3) is 0 Å². The van der Waals surface area contributed by atoms with Crippen LogP contribution in [0.5, 0.6) is 5.75 Å². The average molecular weight is 455 g/mol. The minimum absolute atomic E-state index is 0.151. The number of nitrogens with one attached hydrogen (secondary N) is 2. The second kappa shape index (κ2) is 8.84. The van der Waals surface area contributed by atoms with Gasteiger partial charge in [0.15, 0.2) is 0 Å². The molecule has 5 nitrogen and oxygen atoms in total. The summed E-state index contributed by atoms with van der Waals surface area (Å²) < 4.78 is 6.84. The third-order valence-corrected chi connectivity index (χ3v) is 4.39. The molecule has 0 aliphatic carbocycles. The molecule has 24 heavy (non-hydrogen) atoms. The first-order chi connectivity index (χ1) is 11.5. The molecule has 0 saturated carbocycles. The van der Waals surface area contributed by atoms with Gasteiger partial charge in [0.2, 0.25) is 0 Å². The molecular weight excluding hydrogens is 438 g/mol. The number of halogens is 2. The first-order valence-electron chi connectivity index (χ1n) is 7.15. The first-order valence-corrected chi connectivity index (χ1v) is 8.74. The van der Waals surface area contributed by atoms with Crippen molar-refractivity contribution in [3.63, 3.8) is 0 Å². The summed E-state index contributed by atoms with van der Waals surface area (Å²) in [6, 6.07) is 11.5. The number of carbonyl (C=O) groups is 1. The first kappa shape index (κ1) is 18.5. The Hall–Kier alpha value is -1.86. The van der Waals surface area contributed by atoms with Gasteiger partial charge in [-0.25, -0.2) is 5.43 Å². The molecule has 0 fully saturated rings. The van der Waals surface area contributed by atoms with Gasteiger partial charge in [0.05, 0.1) is 28.8 Å². The highest BCUT2D eigenvalue weighted by Gasteiger charge is 2.07. The summed E-state index contributed by atoms with van der Waals surface area (Å²) in [5.74, 6) is 0.486. The van der Waals surface area contributed by atoms with Crippen molar-refractivity contribution in [3.8, 4) is 5.75 Å². The lowest BCUT2D eigenvalue weighted by Crippen LogP contribution is -2.26. The number of ether oxygens (including phenoxy) is 1. The van der Waals surface area contributed by atoms with E-state index in [2.05, 4.69) is 47.7 Å². The van der Waals surface area contributed by atoms with E-state index in [1.54, 1.807) is 13.3 Å². The molecule has 0 unspecified atom stereocenters. The Morgan fingerprint density at radius 2 is 1.92 bits per heavy atom. The van der Waals surface area contributed by atoms with Crippen molar-refractivity contribution < 1.29 is 9.53 Å². The van der Waals surface area contributed by atoms with Gasteiger partial charge in [-0.05, 0) is 68.1 Å². The van der Waals surface area contributed by atoms with E-state index in [9.17, 15) is 4.79 Å². The van der Waals surface area contributed by atoms with Crippen LogP contribution in [0, 0.1) is 6.92 Å². The van der Waals surface area contributed by atoms with Crippen molar-refractivity contribution in [2.45, 2.75) is 6.92 Å². The van der Waals surface area contributed by atoms with E-state index in [-0.39, 0.29) is 12.5 Å². The number of methoxy groups -OCH3 is 1. The number of rotatable bonds is 6. The maximum absolute atomic E-state index is 11.8. The number of hydrogen-bond donors (Lipinski definition) is 2. The molecule has 7 heteroatoms. The average Bonchev–Trinajstić information content (AvgIpc) is 2.54. The molecule has 2 aromatic carbocycles. The molecule has 2 N–H and O–H groups in total. The summed E-state index contributed by atoms with van der Waals surface area (Å²) in [6.45, 7) is 2.13. The Labute approximate surface area is 157 Å². The lowest BCUT2D eigenvalue weighted by Gasteiger charge is -2.08. The van der Waals surface area contributed by atoms with E-state index >= 15 is 0 Å². The molecule has 126 valence electrons. The largest absolute Gasteiger partial charge is 0.494 e. The van der Waals surface area contributed by atoms with Gasteiger partial charge in [-0.2, -0.15) is 5.10 Å². The van der Waals surface area contributed by atoms with E-state index in [0.29, 0.717) is 5.75 Å². The topological polar surface area (TPSA) is 62.7 Å². The number of para-hydroxylation sites is 1. The van der Waals surface area contributed by atoms with E-state index in [0.717, 1.165) is 25.8 Å². The monoisotopic (exact) mass is 453 g/mol. The number of hydrazone groups is 1. The molecule has 2 rings (SSSR count). The summed E-state index contributed by atoms with van der Waals surface area (Å²) in [7, 11) is 1.60. The van der Waals surface area contributed by atoms with Crippen LogP contribution < -0.4 is 15.5 Å². The Morgan fingerprint density at radius 1 is 1.25 bits per heavy atom. The second-order valence-electron chi connectivity index (χ2n) is 4.98. The van der Waals surface area contributed by atoms with Crippen LogP contribution in [0.1, 0.15) is 11.1 Å². The minimum Gasteiger partial charge on any atom is -0.494 e. The zero-order valence-electron chi connectivity index (χ0n) is 13.3. The van der Waals surface area contributed by atoms with Crippen LogP contribution in [0.3, 0.4) is 0 Å². The maximum atomic E-state index is 11.8. The summed E-state index contributed by atoms with van der Waals surface area (Å²) in [6.07, 6.45) is 1.57.